The zero-order chi connectivity index (χ0) is 14.5. The van der Waals surface area contributed by atoms with Crippen molar-refractivity contribution in [2.24, 2.45) is 0 Å². The Labute approximate surface area is 122 Å². The van der Waals surface area contributed by atoms with Crippen LogP contribution in [0, 0.1) is 0 Å². The number of halogens is 1. The zero-order valence-corrected chi connectivity index (χ0v) is 13.5. The lowest BCUT2D eigenvalue weighted by molar-refractivity contribution is -0.122. The summed E-state index contributed by atoms with van der Waals surface area (Å²) in [5.41, 5.74) is -0.190. The van der Waals surface area contributed by atoms with Crippen molar-refractivity contribution < 1.29 is 4.79 Å². The van der Waals surface area contributed by atoms with Gasteiger partial charge < -0.3 is 10.6 Å². The highest BCUT2D eigenvalue weighted by molar-refractivity contribution is 9.10. The summed E-state index contributed by atoms with van der Waals surface area (Å²) in [6, 6.07) is 1.81. The minimum atomic E-state index is -0.190. The molecule has 0 aliphatic rings. The molecule has 6 heteroatoms. The molecule has 0 radical (unpaired) electrons. The van der Waals surface area contributed by atoms with E-state index >= 15 is 0 Å². The summed E-state index contributed by atoms with van der Waals surface area (Å²) in [4.78, 5) is 20.2. The molecule has 1 rings (SSSR count). The lowest BCUT2D eigenvalue weighted by Gasteiger charge is -2.20. The smallest absolute Gasteiger partial charge is 0.222 e. The van der Waals surface area contributed by atoms with Crippen LogP contribution in [-0.2, 0) is 11.2 Å². The van der Waals surface area contributed by atoms with Crippen molar-refractivity contribution in [3.63, 3.8) is 0 Å². The number of carbonyl (C=O) groups is 1. The number of amides is 1. The summed E-state index contributed by atoms with van der Waals surface area (Å²) in [7, 11) is 0. The number of carbonyl (C=O) groups excluding carboxylic acids is 1. The van der Waals surface area contributed by atoms with Gasteiger partial charge in [-0.15, -0.1) is 0 Å². The van der Waals surface area contributed by atoms with Crippen LogP contribution in [0.5, 0.6) is 0 Å². The molecule has 1 amide bonds. The molecule has 0 saturated carbocycles. The van der Waals surface area contributed by atoms with E-state index in [1.54, 1.807) is 6.07 Å². The number of nitrogens with zero attached hydrogens (tertiary/aromatic N) is 2. The van der Waals surface area contributed by atoms with Crippen molar-refractivity contribution in [3.8, 4) is 0 Å². The monoisotopic (exact) mass is 328 g/mol. The number of hydrogen-bond donors (Lipinski definition) is 2. The number of nitrogens with one attached hydrogen (secondary N) is 2. The quantitative estimate of drug-likeness (QED) is 0.815. The van der Waals surface area contributed by atoms with Crippen LogP contribution in [0.4, 0.5) is 5.82 Å². The minimum absolute atomic E-state index is 0.0313. The highest BCUT2D eigenvalue weighted by Gasteiger charge is 2.13. The van der Waals surface area contributed by atoms with Crippen LogP contribution in [0.1, 0.15) is 39.9 Å². The van der Waals surface area contributed by atoms with Crippen molar-refractivity contribution in [2.45, 2.75) is 46.1 Å². The molecular weight excluding hydrogens is 308 g/mol. The minimum Gasteiger partial charge on any atom is -0.369 e. The molecule has 5 nitrogen and oxygen atoms in total. The van der Waals surface area contributed by atoms with E-state index in [9.17, 15) is 4.79 Å². The van der Waals surface area contributed by atoms with Crippen LogP contribution in [0.15, 0.2) is 10.7 Å². The largest absolute Gasteiger partial charge is 0.369 e. The van der Waals surface area contributed by atoms with Gasteiger partial charge in [0.05, 0.1) is 0 Å². The van der Waals surface area contributed by atoms with Crippen LogP contribution in [-0.4, -0.2) is 28.0 Å². The van der Waals surface area contributed by atoms with Gasteiger partial charge in [-0.3, -0.25) is 4.79 Å². The third-order valence-corrected chi connectivity index (χ3v) is 2.64. The van der Waals surface area contributed by atoms with Crippen molar-refractivity contribution in [1.82, 2.24) is 15.3 Å². The predicted molar refractivity (Wildman–Crippen MR) is 80.1 cm³/mol. The fraction of sp³-hybridized carbons (Fsp3) is 0.615. The van der Waals surface area contributed by atoms with Gasteiger partial charge in [0, 0.05) is 31.0 Å². The molecule has 0 bridgehead atoms. The second kappa shape index (κ2) is 6.84. The normalized spacial score (nSPS) is 11.2. The number of anilines is 1. The molecule has 0 aromatic carbocycles. The number of hydrogen-bond acceptors (Lipinski definition) is 4. The summed E-state index contributed by atoms with van der Waals surface area (Å²) in [6.07, 6.45) is 1.19. The average molecular weight is 329 g/mol. The summed E-state index contributed by atoms with van der Waals surface area (Å²) in [6.45, 7) is 8.45. The summed E-state index contributed by atoms with van der Waals surface area (Å²) < 4.78 is 0.751. The Balaban J connectivity index is 2.45. The average Bonchev–Trinajstić information content (AvgIpc) is 2.25. The van der Waals surface area contributed by atoms with Gasteiger partial charge in [0.2, 0.25) is 5.91 Å². The van der Waals surface area contributed by atoms with E-state index in [-0.39, 0.29) is 11.4 Å². The first-order valence-electron chi connectivity index (χ1n) is 6.38. The molecule has 0 aliphatic heterocycles. The van der Waals surface area contributed by atoms with Gasteiger partial charge in [-0.05, 0) is 36.7 Å². The Morgan fingerprint density at radius 2 is 2.05 bits per heavy atom. The van der Waals surface area contributed by atoms with Crippen molar-refractivity contribution in [3.05, 3.63) is 16.5 Å². The molecule has 1 aromatic heterocycles. The van der Waals surface area contributed by atoms with Gasteiger partial charge in [-0.1, -0.05) is 6.92 Å². The van der Waals surface area contributed by atoms with Crippen LogP contribution in [0.2, 0.25) is 0 Å². The van der Waals surface area contributed by atoms with Crippen molar-refractivity contribution >= 4 is 27.7 Å². The fourth-order valence-electron chi connectivity index (χ4n) is 1.50. The zero-order valence-electron chi connectivity index (χ0n) is 11.9. The molecule has 1 aromatic rings. The summed E-state index contributed by atoms with van der Waals surface area (Å²) in [5.74, 6) is 1.54. The van der Waals surface area contributed by atoms with E-state index in [4.69, 9.17) is 0 Å². The molecule has 19 heavy (non-hydrogen) atoms. The second-order valence-electron chi connectivity index (χ2n) is 5.32. The Morgan fingerprint density at radius 1 is 1.37 bits per heavy atom. The fourth-order valence-corrected chi connectivity index (χ4v) is 1.92. The SMILES string of the molecule is CCc1nc(Br)cc(NCCC(=O)NC(C)(C)C)n1. The van der Waals surface area contributed by atoms with Crippen LogP contribution in [0.3, 0.4) is 0 Å². The first-order chi connectivity index (χ1) is 8.80. The van der Waals surface area contributed by atoms with E-state index < -0.39 is 0 Å². The van der Waals surface area contributed by atoms with Crippen molar-refractivity contribution in [1.29, 1.82) is 0 Å². The molecule has 0 atom stereocenters. The van der Waals surface area contributed by atoms with Gasteiger partial charge in [0.25, 0.3) is 0 Å². The van der Waals surface area contributed by atoms with Gasteiger partial charge in [-0.2, -0.15) is 0 Å². The maximum absolute atomic E-state index is 11.6. The molecule has 2 N–H and O–H groups in total. The van der Waals surface area contributed by atoms with Crippen molar-refractivity contribution in [2.75, 3.05) is 11.9 Å². The van der Waals surface area contributed by atoms with E-state index in [1.807, 2.05) is 27.7 Å². The molecule has 0 saturated heterocycles. The number of aromatic nitrogens is 2. The Morgan fingerprint density at radius 3 is 2.63 bits per heavy atom. The summed E-state index contributed by atoms with van der Waals surface area (Å²) >= 11 is 3.34. The molecule has 0 unspecified atom stereocenters. The molecule has 106 valence electrons. The highest BCUT2D eigenvalue weighted by atomic mass is 79.9. The standard InChI is InChI=1S/C13H21BrN4O/c1-5-10-16-9(14)8-11(17-10)15-7-6-12(19)18-13(2,3)4/h8H,5-7H2,1-4H3,(H,18,19)(H,15,16,17). The first-order valence-corrected chi connectivity index (χ1v) is 7.18. The van der Waals surface area contributed by atoms with Gasteiger partial charge >= 0.3 is 0 Å². The molecule has 0 spiro atoms. The topological polar surface area (TPSA) is 66.9 Å². The van der Waals surface area contributed by atoms with E-state index in [2.05, 4.69) is 36.5 Å². The van der Waals surface area contributed by atoms with Gasteiger partial charge in [0.1, 0.15) is 16.2 Å². The molecular formula is C13H21BrN4O. The first kappa shape index (κ1) is 15.9. The van der Waals surface area contributed by atoms with Crippen LogP contribution < -0.4 is 10.6 Å². The van der Waals surface area contributed by atoms with E-state index in [0.717, 1.165) is 22.7 Å². The van der Waals surface area contributed by atoms with Crippen LogP contribution >= 0.6 is 15.9 Å². The van der Waals surface area contributed by atoms with E-state index in [1.165, 1.54) is 0 Å². The number of rotatable bonds is 5. The lowest BCUT2D eigenvalue weighted by atomic mass is 10.1. The third-order valence-electron chi connectivity index (χ3n) is 2.23. The Bertz CT molecular complexity index is 443. The molecule has 1 heterocycles. The Kier molecular flexibility index (Phi) is 5.72. The summed E-state index contributed by atoms with van der Waals surface area (Å²) in [5, 5.41) is 6.05. The second-order valence-corrected chi connectivity index (χ2v) is 6.13. The van der Waals surface area contributed by atoms with E-state index in [0.29, 0.717) is 13.0 Å². The van der Waals surface area contributed by atoms with Gasteiger partial charge in [-0.25, -0.2) is 9.97 Å². The highest BCUT2D eigenvalue weighted by Crippen LogP contribution is 2.12. The van der Waals surface area contributed by atoms with Crippen LogP contribution in [0.25, 0.3) is 0 Å². The third kappa shape index (κ3) is 6.52. The molecule has 0 aliphatic carbocycles. The maximum Gasteiger partial charge on any atom is 0.222 e. The molecule has 0 fully saturated rings. The van der Waals surface area contributed by atoms with Gasteiger partial charge in [0.15, 0.2) is 0 Å². The predicted octanol–water partition coefficient (Wildman–Crippen LogP) is 2.52. The maximum atomic E-state index is 11.6. The lowest BCUT2D eigenvalue weighted by Crippen LogP contribution is -2.41. The Hall–Kier alpha value is -1.17. The number of aryl methyl sites for hydroxylation is 1.